The number of nitrogens with zero attached hydrogens (tertiary/aromatic N) is 2. The predicted molar refractivity (Wildman–Crippen MR) is 188 cm³/mol. The molecule has 0 saturated heterocycles. The van der Waals surface area contributed by atoms with E-state index in [0.29, 0.717) is 16.7 Å². The van der Waals surface area contributed by atoms with Gasteiger partial charge < -0.3 is 19.8 Å². The summed E-state index contributed by atoms with van der Waals surface area (Å²) in [5.41, 5.74) is 6.31. The van der Waals surface area contributed by atoms with Crippen molar-refractivity contribution < 1.29 is 19.1 Å². The molecule has 9 nitrogen and oxygen atoms in total. The summed E-state index contributed by atoms with van der Waals surface area (Å²) in [6.07, 6.45) is 3.27. The molecule has 1 amide bonds. The fraction of sp³-hybridized carbons (Fsp3) is 0.211. The molecule has 242 valence electrons. The second-order valence-corrected chi connectivity index (χ2v) is 12.7. The summed E-state index contributed by atoms with van der Waals surface area (Å²) < 4.78 is 12.5. The van der Waals surface area contributed by atoms with E-state index in [2.05, 4.69) is 34.6 Å². The van der Waals surface area contributed by atoms with E-state index in [-0.39, 0.29) is 24.8 Å². The molecule has 2 aromatic heterocycles. The average molecular weight is 659 g/mol. The fourth-order valence-corrected chi connectivity index (χ4v) is 7.33. The van der Waals surface area contributed by atoms with E-state index in [0.717, 1.165) is 38.7 Å². The number of aromatic amines is 1. The van der Waals surface area contributed by atoms with Crippen molar-refractivity contribution in [2.75, 3.05) is 25.7 Å². The van der Waals surface area contributed by atoms with Crippen LogP contribution in [0.25, 0.3) is 32.9 Å². The summed E-state index contributed by atoms with van der Waals surface area (Å²) in [4.78, 5) is 49.5. The minimum absolute atomic E-state index is 0.112. The number of ether oxygens (including phenoxy) is 2. The highest BCUT2D eigenvalue weighted by Crippen LogP contribution is 2.44. The number of esters is 1. The smallest absolute Gasteiger partial charge is 0.407 e. The Balaban J connectivity index is 1.24. The maximum Gasteiger partial charge on any atom is 0.407 e. The van der Waals surface area contributed by atoms with Gasteiger partial charge in [0.2, 0.25) is 0 Å². The molecule has 6 aromatic rings. The lowest BCUT2D eigenvalue weighted by Crippen LogP contribution is -2.40. The van der Waals surface area contributed by atoms with Gasteiger partial charge in [0.1, 0.15) is 18.5 Å². The first-order valence-corrected chi connectivity index (χ1v) is 17.1. The van der Waals surface area contributed by atoms with Gasteiger partial charge in [0.25, 0.3) is 5.56 Å². The number of para-hydroxylation sites is 2. The molecule has 0 radical (unpaired) electrons. The summed E-state index contributed by atoms with van der Waals surface area (Å²) in [7, 11) is 1.30. The van der Waals surface area contributed by atoms with Crippen LogP contribution >= 0.6 is 11.8 Å². The first-order chi connectivity index (χ1) is 23.5. The van der Waals surface area contributed by atoms with E-state index >= 15 is 0 Å². The van der Waals surface area contributed by atoms with Crippen LogP contribution in [-0.4, -0.2) is 52.3 Å². The van der Waals surface area contributed by atoms with Crippen LogP contribution < -0.4 is 10.9 Å². The van der Waals surface area contributed by atoms with Gasteiger partial charge >= 0.3 is 12.1 Å². The molecule has 48 heavy (non-hydrogen) atoms. The lowest BCUT2D eigenvalue weighted by atomic mass is 9.98. The van der Waals surface area contributed by atoms with E-state index < -0.39 is 29.7 Å². The Morgan fingerprint density at radius 1 is 0.917 bits per heavy atom. The Kier molecular flexibility index (Phi) is 8.73. The molecule has 0 aliphatic heterocycles. The van der Waals surface area contributed by atoms with Crippen molar-refractivity contribution in [3.05, 3.63) is 136 Å². The van der Waals surface area contributed by atoms with E-state index in [9.17, 15) is 14.4 Å². The summed E-state index contributed by atoms with van der Waals surface area (Å²) in [6, 6.07) is 29.3. The number of H-pyrrole nitrogens is 1. The Bertz CT molecular complexity index is 2160. The number of fused-ring (bicyclic) bond motifs is 5. The average Bonchev–Trinajstić information content (AvgIpc) is 3.68. The molecule has 1 aliphatic rings. The Hall–Kier alpha value is -5.35. The Labute approximate surface area is 281 Å². The number of benzene rings is 4. The fourth-order valence-electron chi connectivity index (χ4n) is 6.76. The molecule has 0 bridgehead atoms. The summed E-state index contributed by atoms with van der Waals surface area (Å²) >= 11 is 1.48. The van der Waals surface area contributed by atoms with Gasteiger partial charge in [-0.25, -0.2) is 14.6 Å². The van der Waals surface area contributed by atoms with Crippen molar-refractivity contribution in [2.45, 2.75) is 24.4 Å². The Morgan fingerprint density at radius 3 is 2.27 bits per heavy atom. The quantitative estimate of drug-likeness (QED) is 0.156. The number of carbonyl (C=O) groups excluding carboxylic acids is 2. The molecule has 0 spiro atoms. The molecule has 7 rings (SSSR count). The summed E-state index contributed by atoms with van der Waals surface area (Å²) in [5, 5.41) is 4.27. The number of nitrogens with one attached hydrogen (secondary N) is 2. The maximum atomic E-state index is 14.3. The molecule has 0 unspecified atom stereocenters. The van der Waals surface area contributed by atoms with Gasteiger partial charge in [-0.2, -0.15) is 11.8 Å². The van der Waals surface area contributed by atoms with Crippen molar-refractivity contribution in [3.8, 4) is 11.1 Å². The monoisotopic (exact) mass is 658 g/mol. The zero-order chi connectivity index (χ0) is 33.2. The van der Waals surface area contributed by atoms with Gasteiger partial charge in [0.15, 0.2) is 0 Å². The second-order valence-electron chi connectivity index (χ2n) is 11.7. The van der Waals surface area contributed by atoms with Gasteiger partial charge in [-0.05, 0) is 52.3 Å². The lowest BCUT2D eigenvalue weighted by molar-refractivity contribution is -0.144. The number of rotatable bonds is 10. The summed E-state index contributed by atoms with van der Waals surface area (Å²) in [6.45, 7) is 0.134. The standard InChI is InChI=1S/C38H34N4O5S/c1-46-37(44)34(19-23-20-39-31-17-9-7-11-24(23)31)42-35(40-32-18-10-8-16-29(32)36(42)43)33(22-48-2)41-38(45)47-21-30-27-14-5-3-12-25(27)26-13-4-6-15-28(26)30/h3-18,20,30,33-34,39H,19,21-22H2,1-2H3,(H,41,45)/t33-,34-/m0/s1. The van der Waals surface area contributed by atoms with Crippen LogP contribution in [0.15, 0.2) is 108 Å². The highest BCUT2D eigenvalue weighted by atomic mass is 32.2. The minimum atomic E-state index is -1.05. The summed E-state index contributed by atoms with van der Waals surface area (Å²) in [5.74, 6) is -0.0868. The molecule has 0 saturated carbocycles. The number of thioether (sulfide) groups is 1. The molecular weight excluding hydrogens is 625 g/mol. The van der Waals surface area contributed by atoms with Gasteiger partial charge in [-0.15, -0.1) is 0 Å². The predicted octanol–water partition coefficient (Wildman–Crippen LogP) is 6.78. The third-order valence-corrected chi connectivity index (χ3v) is 9.66. The molecule has 10 heteroatoms. The number of alkyl carbamates (subject to hydrolysis) is 1. The number of hydrogen-bond donors (Lipinski definition) is 2. The van der Waals surface area contributed by atoms with Crippen LogP contribution in [0.1, 0.15) is 40.5 Å². The van der Waals surface area contributed by atoms with Crippen LogP contribution in [0.4, 0.5) is 4.79 Å². The first-order valence-electron chi connectivity index (χ1n) is 15.7. The third-order valence-electron chi connectivity index (χ3n) is 8.99. The van der Waals surface area contributed by atoms with Crippen LogP contribution in [0, 0.1) is 0 Å². The van der Waals surface area contributed by atoms with Gasteiger partial charge in [0.05, 0.1) is 24.1 Å². The molecular formula is C38H34N4O5S. The topological polar surface area (TPSA) is 115 Å². The molecule has 0 fully saturated rings. The largest absolute Gasteiger partial charge is 0.467 e. The van der Waals surface area contributed by atoms with E-state index in [1.54, 1.807) is 24.3 Å². The highest BCUT2D eigenvalue weighted by molar-refractivity contribution is 7.98. The SMILES string of the molecule is COC(=O)[C@H](Cc1c[nH]c2ccccc12)n1c([C@H](CSC)NC(=O)OCC2c3ccccc3-c3ccccc32)nc2ccccc2c1=O. The zero-order valence-electron chi connectivity index (χ0n) is 26.5. The molecule has 4 aromatic carbocycles. The van der Waals surface area contributed by atoms with Crippen molar-refractivity contribution in [1.29, 1.82) is 0 Å². The maximum absolute atomic E-state index is 14.3. The van der Waals surface area contributed by atoms with Crippen LogP contribution in [0.2, 0.25) is 0 Å². The number of carbonyl (C=O) groups is 2. The molecule has 2 atom stereocenters. The van der Waals surface area contributed by atoms with Crippen molar-refractivity contribution >= 4 is 45.6 Å². The van der Waals surface area contributed by atoms with Crippen molar-refractivity contribution in [2.24, 2.45) is 0 Å². The van der Waals surface area contributed by atoms with E-state index in [1.165, 1.54) is 23.4 Å². The Morgan fingerprint density at radius 2 is 1.56 bits per heavy atom. The number of hydrogen-bond acceptors (Lipinski definition) is 7. The van der Waals surface area contributed by atoms with Gasteiger partial charge in [0, 0.05) is 35.2 Å². The molecule has 2 N–H and O–H groups in total. The van der Waals surface area contributed by atoms with Crippen LogP contribution in [-0.2, 0) is 20.7 Å². The normalized spacial score (nSPS) is 13.5. The number of aromatic nitrogens is 3. The molecule has 2 heterocycles. The second kappa shape index (κ2) is 13.4. The number of amides is 1. The van der Waals surface area contributed by atoms with E-state index in [4.69, 9.17) is 14.5 Å². The number of methoxy groups -OCH3 is 1. The third kappa shape index (κ3) is 5.73. The zero-order valence-corrected chi connectivity index (χ0v) is 27.3. The van der Waals surface area contributed by atoms with Crippen LogP contribution in [0.5, 0.6) is 0 Å². The lowest BCUT2D eigenvalue weighted by Gasteiger charge is -2.26. The minimum Gasteiger partial charge on any atom is -0.467 e. The van der Waals surface area contributed by atoms with Crippen molar-refractivity contribution in [1.82, 2.24) is 19.9 Å². The van der Waals surface area contributed by atoms with Crippen LogP contribution in [0.3, 0.4) is 0 Å². The van der Waals surface area contributed by atoms with E-state index in [1.807, 2.05) is 61.0 Å². The van der Waals surface area contributed by atoms with Crippen molar-refractivity contribution in [3.63, 3.8) is 0 Å². The van der Waals surface area contributed by atoms with Gasteiger partial charge in [-0.1, -0.05) is 78.9 Å². The first kappa shape index (κ1) is 31.3. The van der Waals surface area contributed by atoms with Gasteiger partial charge in [-0.3, -0.25) is 9.36 Å². The highest BCUT2D eigenvalue weighted by Gasteiger charge is 2.33. The molecule has 1 aliphatic carbocycles.